The molecule has 1 fully saturated rings. The average molecular weight is 504 g/mol. The van der Waals surface area contributed by atoms with E-state index in [4.69, 9.17) is 0 Å². The Morgan fingerprint density at radius 1 is 1.06 bits per heavy atom. The summed E-state index contributed by atoms with van der Waals surface area (Å²) in [4.78, 5) is 27.7. The van der Waals surface area contributed by atoms with E-state index in [1.165, 1.54) is 21.3 Å². The summed E-state index contributed by atoms with van der Waals surface area (Å²) in [6.07, 6.45) is 5.53. The van der Waals surface area contributed by atoms with Crippen molar-refractivity contribution in [2.75, 3.05) is 17.1 Å². The summed E-state index contributed by atoms with van der Waals surface area (Å²) in [6.45, 7) is 1.99. The molecule has 3 rings (SSSR count). The van der Waals surface area contributed by atoms with Crippen LogP contribution in [0.15, 0.2) is 54.6 Å². The van der Waals surface area contributed by atoms with Crippen LogP contribution in [0.5, 0.6) is 0 Å². The van der Waals surface area contributed by atoms with Gasteiger partial charge in [0, 0.05) is 25.6 Å². The third-order valence-corrected chi connectivity index (χ3v) is 7.53. The van der Waals surface area contributed by atoms with E-state index in [0.717, 1.165) is 31.9 Å². The first kappa shape index (κ1) is 26.7. The van der Waals surface area contributed by atoms with Crippen LogP contribution in [-0.4, -0.2) is 50.0 Å². The Hall–Kier alpha value is -2.94. The van der Waals surface area contributed by atoms with E-state index >= 15 is 0 Å². The zero-order valence-electron chi connectivity index (χ0n) is 20.3. The van der Waals surface area contributed by atoms with Crippen LogP contribution in [0.4, 0.5) is 10.1 Å². The maximum Gasteiger partial charge on any atom is 0.242 e. The van der Waals surface area contributed by atoms with Crippen LogP contribution >= 0.6 is 0 Å². The number of anilines is 1. The van der Waals surface area contributed by atoms with Gasteiger partial charge in [0.05, 0.1) is 11.9 Å². The van der Waals surface area contributed by atoms with Crippen molar-refractivity contribution in [1.82, 2.24) is 10.2 Å². The monoisotopic (exact) mass is 503 g/mol. The van der Waals surface area contributed by atoms with Crippen molar-refractivity contribution < 1.29 is 22.4 Å². The fraction of sp³-hybridized carbons (Fsp3) is 0.462. The first-order valence-corrected chi connectivity index (χ1v) is 13.9. The molecule has 0 spiro atoms. The quantitative estimate of drug-likeness (QED) is 0.505. The minimum Gasteiger partial charge on any atom is -0.352 e. The highest BCUT2D eigenvalue weighted by Crippen LogP contribution is 2.20. The number of benzene rings is 2. The number of carbonyl (C=O) groups is 2. The summed E-state index contributed by atoms with van der Waals surface area (Å²) in [5.41, 5.74) is 1.25. The second-order valence-electron chi connectivity index (χ2n) is 9.09. The molecule has 1 N–H and O–H groups in total. The highest BCUT2D eigenvalue weighted by molar-refractivity contribution is 7.92. The van der Waals surface area contributed by atoms with Crippen LogP contribution in [0.2, 0.25) is 0 Å². The topological polar surface area (TPSA) is 86.8 Å². The Bertz CT molecular complexity index is 1090. The summed E-state index contributed by atoms with van der Waals surface area (Å²) in [5, 5.41) is 3.04. The van der Waals surface area contributed by atoms with Gasteiger partial charge in [0.15, 0.2) is 0 Å². The molecule has 0 saturated heterocycles. The molecule has 0 radical (unpaired) electrons. The van der Waals surface area contributed by atoms with Gasteiger partial charge in [-0.15, -0.1) is 0 Å². The largest absolute Gasteiger partial charge is 0.352 e. The fourth-order valence-corrected chi connectivity index (χ4v) is 5.32. The Labute approximate surface area is 207 Å². The van der Waals surface area contributed by atoms with Crippen molar-refractivity contribution in [3.63, 3.8) is 0 Å². The molecule has 9 heteroatoms. The molecule has 2 aromatic rings. The maximum absolute atomic E-state index is 13.4. The first-order valence-electron chi connectivity index (χ1n) is 12.0. The van der Waals surface area contributed by atoms with Crippen LogP contribution in [-0.2, 0) is 26.2 Å². The highest BCUT2D eigenvalue weighted by Gasteiger charge is 2.28. The number of hydrogen-bond acceptors (Lipinski definition) is 4. The average Bonchev–Trinajstić information content (AvgIpc) is 3.33. The van der Waals surface area contributed by atoms with Crippen LogP contribution in [0.1, 0.15) is 51.0 Å². The smallest absolute Gasteiger partial charge is 0.242 e. The van der Waals surface area contributed by atoms with E-state index in [0.29, 0.717) is 11.3 Å². The number of carbonyl (C=O) groups excluding carboxylic acids is 2. The molecule has 0 aromatic heterocycles. The minimum atomic E-state index is -3.52. The Morgan fingerprint density at radius 2 is 1.69 bits per heavy atom. The van der Waals surface area contributed by atoms with E-state index in [2.05, 4.69) is 5.32 Å². The molecule has 0 aliphatic heterocycles. The predicted octanol–water partition coefficient (Wildman–Crippen LogP) is 3.85. The third-order valence-electron chi connectivity index (χ3n) is 6.33. The summed E-state index contributed by atoms with van der Waals surface area (Å²) in [5.74, 6) is -0.847. The van der Waals surface area contributed by atoms with E-state index in [9.17, 15) is 22.4 Å². The highest BCUT2D eigenvalue weighted by atomic mass is 32.2. The van der Waals surface area contributed by atoms with Gasteiger partial charge < -0.3 is 10.2 Å². The second-order valence-corrected chi connectivity index (χ2v) is 11.0. The van der Waals surface area contributed by atoms with Crippen molar-refractivity contribution in [2.24, 2.45) is 0 Å². The lowest BCUT2D eigenvalue weighted by atomic mass is 10.1. The van der Waals surface area contributed by atoms with Crippen LogP contribution < -0.4 is 9.62 Å². The molecule has 1 saturated carbocycles. The third kappa shape index (κ3) is 7.78. The molecule has 0 bridgehead atoms. The van der Waals surface area contributed by atoms with Gasteiger partial charge in [-0.3, -0.25) is 13.9 Å². The van der Waals surface area contributed by atoms with Gasteiger partial charge in [0.2, 0.25) is 21.8 Å². The van der Waals surface area contributed by atoms with Crippen LogP contribution in [0.3, 0.4) is 0 Å². The molecule has 190 valence electrons. The molecule has 0 heterocycles. The molecule has 2 aromatic carbocycles. The van der Waals surface area contributed by atoms with Crippen LogP contribution in [0, 0.1) is 5.82 Å². The molecule has 0 unspecified atom stereocenters. The van der Waals surface area contributed by atoms with Crippen molar-refractivity contribution in [1.29, 1.82) is 0 Å². The van der Waals surface area contributed by atoms with Crippen LogP contribution in [0.25, 0.3) is 0 Å². The lowest BCUT2D eigenvalue weighted by molar-refractivity contribution is -0.141. The molecule has 1 aliphatic rings. The van der Waals surface area contributed by atoms with Crippen molar-refractivity contribution in [2.45, 2.75) is 64.1 Å². The van der Waals surface area contributed by atoms with Gasteiger partial charge in [-0.25, -0.2) is 12.8 Å². The van der Waals surface area contributed by atoms with Gasteiger partial charge >= 0.3 is 0 Å². The number of rotatable bonds is 11. The van der Waals surface area contributed by atoms with Gasteiger partial charge in [0.1, 0.15) is 11.9 Å². The number of hydrogen-bond donors (Lipinski definition) is 1. The van der Waals surface area contributed by atoms with E-state index in [-0.39, 0.29) is 49.6 Å². The summed E-state index contributed by atoms with van der Waals surface area (Å²) in [7, 11) is -3.52. The molecule has 35 heavy (non-hydrogen) atoms. The molecule has 1 atom stereocenters. The fourth-order valence-electron chi connectivity index (χ4n) is 4.36. The molecular weight excluding hydrogens is 469 g/mol. The van der Waals surface area contributed by atoms with Gasteiger partial charge in [-0.2, -0.15) is 0 Å². The zero-order chi connectivity index (χ0) is 25.4. The van der Waals surface area contributed by atoms with Gasteiger partial charge in [-0.1, -0.05) is 43.2 Å². The summed E-state index contributed by atoms with van der Waals surface area (Å²) in [6, 6.07) is 14.0. The zero-order valence-corrected chi connectivity index (χ0v) is 21.1. The standard InChI is InChI=1S/C26H34FN3O4S/c1-20(26(32)28-23-9-6-7-10-23)29(19-21-14-16-22(27)17-15-21)25(31)13-8-18-30(35(2,33)34)24-11-4-3-5-12-24/h3-5,11-12,14-17,20,23H,6-10,13,18-19H2,1-2H3,(H,28,32)/t20-/m0/s1. The number of amides is 2. The summed E-state index contributed by atoms with van der Waals surface area (Å²) < 4.78 is 39.3. The minimum absolute atomic E-state index is 0.0705. The number of nitrogens with one attached hydrogen (secondary N) is 1. The molecule has 1 aliphatic carbocycles. The number of nitrogens with zero attached hydrogens (tertiary/aromatic N) is 2. The molecule has 2 amide bonds. The van der Waals surface area contributed by atoms with Gasteiger partial charge in [-0.05, 0) is 56.0 Å². The Balaban J connectivity index is 1.69. The van der Waals surface area contributed by atoms with Crippen molar-refractivity contribution in [3.8, 4) is 0 Å². The first-order chi connectivity index (χ1) is 16.6. The number of para-hydroxylation sites is 1. The van der Waals surface area contributed by atoms with Crippen molar-refractivity contribution >= 4 is 27.5 Å². The normalized spacial score (nSPS) is 14.9. The summed E-state index contributed by atoms with van der Waals surface area (Å²) >= 11 is 0. The lowest BCUT2D eigenvalue weighted by Gasteiger charge is -2.30. The van der Waals surface area contributed by atoms with E-state index in [1.54, 1.807) is 49.4 Å². The number of halogens is 1. The maximum atomic E-state index is 13.4. The Kier molecular flexibility index (Phi) is 9.26. The SMILES string of the molecule is C[C@@H](C(=O)NC1CCCC1)N(Cc1ccc(F)cc1)C(=O)CCCN(c1ccccc1)S(C)(=O)=O. The Morgan fingerprint density at radius 3 is 2.29 bits per heavy atom. The molecule has 7 nitrogen and oxygen atoms in total. The lowest BCUT2D eigenvalue weighted by Crippen LogP contribution is -2.49. The van der Waals surface area contributed by atoms with Gasteiger partial charge in [0.25, 0.3) is 0 Å². The molecular formula is C26H34FN3O4S. The second kappa shape index (κ2) is 12.2. The predicted molar refractivity (Wildman–Crippen MR) is 135 cm³/mol. The van der Waals surface area contributed by atoms with Crippen molar-refractivity contribution in [3.05, 3.63) is 66.0 Å². The van der Waals surface area contributed by atoms with E-state index in [1.807, 2.05) is 0 Å². The van der Waals surface area contributed by atoms with E-state index < -0.39 is 16.1 Å². The number of sulfonamides is 1.